The number of benzene rings is 3. The molecule has 29 heavy (non-hydrogen) atoms. The number of nitrogens with zero attached hydrogens (tertiary/aromatic N) is 1. The van der Waals surface area contributed by atoms with Crippen molar-refractivity contribution in [3.63, 3.8) is 0 Å². The molecule has 1 aliphatic rings. The zero-order valence-electron chi connectivity index (χ0n) is 16.1. The van der Waals surface area contributed by atoms with Gasteiger partial charge < -0.3 is 10.2 Å². The molecule has 148 valence electrons. The third kappa shape index (κ3) is 3.07. The van der Waals surface area contributed by atoms with Gasteiger partial charge in [0.05, 0.1) is 16.3 Å². The predicted octanol–water partition coefficient (Wildman–Crippen LogP) is 3.87. The van der Waals surface area contributed by atoms with Crippen molar-refractivity contribution in [1.82, 2.24) is 0 Å². The van der Waals surface area contributed by atoms with E-state index in [1.54, 1.807) is 42.2 Å². The summed E-state index contributed by atoms with van der Waals surface area (Å²) in [5.41, 5.74) is 2.28. The summed E-state index contributed by atoms with van der Waals surface area (Å²) in [6, 6.07) is 15.0. The van der Waals surface area contributed by atoms with Crippen LogP contribution in [0.2, 0.25) is 0 Å². The van der Waals surface area contributed by atoms with Gasteiger partial charge in [-0.15, -0.1) is 0 Å². The lowest BCUT2D eigenvalue weighted by Gasteiger charge is -2.15. The summed E-state index contributed by atoms with van der Waals surface area (Å²) in [6.07, 6.45) is 0. The molecule has 0 saturated heterocycles. The van der Waals surface area contributed by atoms with Crippen molar-refractivity contribution in [2.45, 2.75) is 18.7 Å². The zero-order valence-corrected chi connectivity index (χ0v) is 16.9. The monoisotopic (exact) mass is 408 g/mol. The Morgan fingerprint density at radius 2 is 1.79 bits per heavy atom. The average molecular weight is 408 g/mol. The number of amides is 2. The van der Waals surface area contributed by atoms with Crippen LogP contribution in [0.5, 0.6) is 0 Å². The van der Waals surface area contributed by atoms with E-state index in [0.29, 0.717) is 17.8 Å². The Morgan fingerprint density at radius 1 is 1.03 bits per heavy atom. The molecule has 0 atom stereocenters. The highest BCUT2D eigenvalue weighted by Crippen LogP contribution is 2.40. The summed E-state index contributed by atoms with van der Waals surface area (Å²) < 4.78 is 24.2. The van der Waals surface area contributed by atoms with Crippen molar-refractivity contribution in [2.24, 2.45) is 0 Å². The van der Waals surface area contributed by atoms with Gasteiger partial charge in [-0.1, -0.05) is 25.1 Å². The summed E-state index contributed by atoms with van der Waals surface area (Å²) in [5.74, 6) is -0.487. The molecular formula is C22H20N2O4S. The number of rotatable bonds is 5. The molecule has 1 heterocycles. The molecule has 2 amide bonds. The Hall–Kier alpha value is -3.19. The Kier molecular flexibility index (Phi) is 4.62. The highest BCUT2D eigenvalue weighted by atomic mass is 32.2. The highest BCUT2D eigenvalue weighted by molar-refractivity contribution is 7.91. The fraction of sp³-hybridized carbons (Fsp3) is 0.182. The average Bonchev–Trinajstić information content (AvgIpc) is 3.02. The number of nitrogens with one attached hydrogen (secondary N) is 1. The van der Waals surface area contributed by atoms with Crippen LogP contribution in [0.1, 0.15) is 34.6 Å². The van der Waals surface area contributed by atoms with Crippen LogP contribution < -0.4 is 10.2 Å². The van der Waals surface area contributed by atoms with E-state index in [1.165, 1.54) is 12.1 Å². The topological polar surface area (TPSA) is 83.6 Å². The summed E-state index contributed by atoms with van der Waals surface area (Å²) in [5, 5.41) is 4.46. The van der Waals surface area contributed by atoms with Crippen molar-refractivity contribution >= 4 is 43.8 Å². The first-order valence-corrected chi connectivity index (χ1v) is 11.0. The second kappa shape index (κ2) is 7.00. The number of sulfone groups is 1. The quantitative estimate of drug-likeness (QED) is 0.695. The van der Waals surface area contributed by atoms with E-state index >= 15 is 0 Å². The van der Waals surface area contributed by atoms with Crippen LogP contribution in [0.4, 0.5) is 11.4 Å². The van der Waals surface area contributed by atoms with Gasteiger partial charge in [-0.05, 0) is 43.3 Å². The molecule has 6 nitrogen and oxygen atoms in total. The van der Waals surface area contributed by atoms with Crippen LogP contribution >= 0.6 is 0 Å². The summed E-state index contributed by atoms with van der Waals surface area (Å²) >= 11 is 0. The molecule has 3 aromatic rings. The molecule has 0 fully saturated rings. The first-order valence-electron chi connectivity index (χ1n) is 9.39. The summed E-state index contributed by atoms with van der Waals surface area (Å²) in [7, 11) is -3.40. The maximum absolute atomic E-state index is 12.8. The van der Waals surface area contributed by atoms with Gasteiger partial charge in [0, 0.05) is 34.1 Å². The zero-order chi connectivity index (χ0) is 20.8. The van der Waals surface area contributed by atoms with E-state index in [9.17, 15) is 18.0 Å². The fourth-order valence-corrected chi connectivity index (χ4v) is 4.59. The smallest absolute Gasteiger partial charge is 0.258 e. The van der Waals surface area contributed by atoms with Gasteiger partial charge in [0.2, 0.25) is 0 Å². The van der Waals surface area contributed by atoms with Crippen molar-refractivity contribution < 1.29 is 18.0 Å². The number of carbonyl (C=O) groups excluding carboxylic acids is 2. The van der Waals surface area contributed by atoms with Crippen LogP contribution in [-0.2, 0) is 9.84 Å². The van der Waals surface area contributed by atoms with E-state index in [0.717, 1.165) is 16.5 Å². The Morgan fingerprint density at radius 3 is 2.52 bits per heavy atom. The molecule has 1 N–H and O–H groups in total. The second-order valence-electron chi connectivity index (χ2n) is 6.80. The number of hydrogen-bond donors (Lipinski definition) is 1. The molecule has 0 saturated carbocycles. The van der Waals surface area contributed by atoms with Gasteiger partial charge in [-0.3, -0.25) is 9.59 Å². The van der Waals surface area contributed by atoms with Crippen LogP contribution in [0, 0.1) is 0 Å². The van der Waals surface area contributed by atoms with E-state index in [1.807, 2.05) is 19.1 Å². The molecule has 0 aliphatic carbocycles. The van der Waals surface area contributed by atoms with Gasteiger partial charge in [-0.25, -0.2) is 8.42 Å². The van der Waals surface area contributed by atoms with Crippen LogP contribution in [0.15, 0.2) is 59.5 Å². The Bertz CT molecular complexity index is 1270. The first kappa shape index (κ1) is 19.1. The van der Waals surface area contributed by atoms with Gasteiger partial charge in [-0.2, -0.15) is 0 Å². The number of anilines is 2. The summed E-state index contributed by atoms with van der Waals surface area (Å²) in [6.45, 7) is 4.05. The Labute approximate surface area is 169 Å². The van der Waals surface area contributed by atoms with Crippen LogP contribution in [0.3, 0.4) is 0 Å². The predicted molar refractivity (Wildman–Crippen MR) is 113 cm³/mol. The maximum atomic E-state index is 12.8. The van der Waals surface area contributed by atoms with Crippen molar-refractivity contribution in [1.29, 1.82) is 0 Å². The van der Waals surface area contributed by atoms with E-state index < -0.39 is 15.7 Å². The molecule has 0 spiro atoms. The maximum Gasteiger partial charge on any atom is 0.258 e. The molecule has 0 aromatic heterocycles. The lowest BCUT2D eigenvalue weighted by atomic mass is 10.0. The van der Waals surface area contributed by atoms with Crippen molar-refractivity contribution in [3.8, 4) is 0 Å². The minimum Gasteiger partial charge on any atom is -0.321 e. The third-order valence-corrected chi connectivity index (χ3v) is 6.92. The van der Waals surface area contributed by atoms with Crippen molar-refractivity contribution in [2.75, 3.05) is 22.5 Å². The second-order valence-corrected chi connectivity index (χ2v) is 9.07. The molecular weight excluding hydrogens is 388 g/mol. The molecule has 7 heteroatoms. The van der Waals surface area contributed by atoms with E-state index in [2.05, 4.69) is 5.32 Å². The summed E-state index contributed by atoms with van der Waals surface area (Å²) in [4.78, 5) is 27.3. The molecule has 4 rings (SSSR count). The van der Waals surface area contributed by atoms with E-state index in [-0.39, 0.29) is 22.1 Å². The molecule has 0 radical (unpaired) electrons. The molecule has 1 aliphatic heterocycles. The lowest BCUT2D eigenvalue weighted by molar-refractivity contribution is 0.0992. The first-order chi connectivity index (χ1) is 13.9. The molecule has 0 bridgehead atoms. The molecule has 0 unspecified atom stereocenters. The minimum atomic E-state index is -3.40. The van der Waals surface area contributed by atoms with Gasteiger partial charge in [0.25, 0.3) is 11.8 Å². The van der Waals surface area contributed by atoms with Crippen molar-refractivity contribution in [3.05, 3.63) is 65.7 Å². The van der Waals surface area contributed by atoms with E-state index in [4.69, 9.17) is 0 Å². The standard InChI is InChI=1S/C22H20N2O4S/c1-3-24-19-12-11-18(16-9-6-10-17(20(16)19)22(24)26)23-21(25)14-7-5-8-15(13-14)29(27,28)4-2/h5-13H,3-4H2,1-2H3,(H,23,25). The fourth-order valence-electron chi connectivity index (χ4n) is 3.66. The largest absolute Gasteiger partial charge is 0.321 e. The molecule has 3 aromatic carbocycles. The number of carbonyl (C=O) groups is 2. The van der Waals surface area contributed by atoms with Gasteiger partial charge in [0.15, 0.2) is 9.84 Å². The normalized spacial score (nSPS) is 13.2. The van der Waals surface area contributed by atoms with Crippen LogP contribution in [-0.4, -0.2) is 32.5 Å². The van der Waals surface area contributed by atoms with Gasteiger partial charge in [0.1, 0.15) is 0 Å². The lowest BCUT2D eigenvalue weighted by Crippen LogP contribution is -2.25. The van der Waals surface area contributed by atoms with Gasteiger partial charge >= 0.3 is 0 Å². The minimum absolute atomic E-state index is 0.0328. The third-order valence-electron chi connectivity index (χ3n) is 5.18. The van der Waals surface area contributed by atoms with Crippen LogP contribution in [0.25, 0.3) is 10.8 Å². The SMILES string of the molecule is CCN1C(=O)c2cccc3c(NC(=O)c4cccc(S(=O)(=O)CC)c4)ccc1c23. The number of hydrogen-bond acceptors (Lipinski definition) is 4. The highest BCUT2D eigenvalue weighted by Gasteiger charge is 2.29. The Balaban J connectivity index is 1.74.